The van der Waals surface area contributed by atoms with E-state index in [9.17, 15) is 0 Å². The average Bonchev–Trinajstić information content (AvgIpc) is 3.63. The van der Waals surface area contributed by atoms with E-state index < -0.39 is 0 Å². The number of likely N-dealkylation sites (tertiary alicyclic amines) is 1. The first-order valence-electron chi connectivity index (χ1n) is 35.3. The molecule has 0 radical (unpaired) electrons. The molecule has 4 fully saturated rings. The number of hydrogen-bond donors (Lipinski definition) is 0. The van der Waals surface area contributed by atoms with E-state index in [0.717, 1.165) is 58.0 Å². The van der Waals surface area contributed by atoms with Gasteiger partial charge in [-0.2, -0.15) is 0 Å². The van der Waals surface area contributed by atoms with Crippen molar-refractivity contribution in [3.05, 3.63) is 106 Å². The fraction of sp³-hybridized carbons (Fsp3) is 0.769. The number of unbranched alkanes of at least 4 members (excludes halogenated alkanes) is 9. The minimum Gasteiger partial charge on any atom is -0.373 e. The van der Waals surface area contributed by atoms with E-state index >= 15 is 0 Å². The van der Waals surface area contributed by atoms with Gasteiger partial charge in [0.25, 0.3) is 0 Å². The van der Waals surface area contributed by atoms with E-state index in [2.05, 4.69) is 224 Å². The topological polar surface area (TPSA) is 40.7 Å². The standard InChI is InChI=1S/C21H35NO.C20H33NO.C19H31N.C18H37NO/c1-7-21(5,6)20-10-8-19(9-11-20)12-16(2)13-22-14-17(3)23-18(4)15-22;1-15(12-21-13-16(2)22-17(3)14-21)11-18-7-9-19(10-8-18)20(4,5)6;1-16(15-20-12-6-5-7-13-20)14-17-8-10-18(11-9-17)19(2,3)4;1-4-5-6-7-8-9-10-11-12-13-14-19-15-17(2)20-18(3)16-19/h8-11,16-18H,7,12-15H2,1-6H3;7-10,15-17H,11-14H2,1-6H3;8-11,16H,5-7,12-15H2,1-4H3;17-18H,4-16H2,1-3H3/t16?,17-,18+;15?,16-,17+;;. The molecule has 0 N–H and O–H groups in total. The second-order valence-corrected chi connectivity index (χ2v) is 30.8. The lowest BCUT2D eigenvalue weighted by Crippen LogP contribution is -2.47. The third kappa shape index (κ3) is 31.1. The lowest BCUT2D eigenvalue weighted by molar-refractivity contribution is -0.0711. The molecule has 0 aromatic heterocycles. The second kappa shape index (κ2) is 38.8. The molecule has 3 aromatic rings. The van der Waals surface area contributed by atoms with Gasteiger partial charge in [-0.3, -0.25) is 14.7 Å². The molecular formula is C78H136N4O3. The summed E-state index contributed by atoms with van der Waals surface area (Å²) in [5.41, 5.74) is 9.49. The first-order valence-corrected chi connectivity index (χ1v) is 35.3. The number of benzene rings is 3. The fourth-order valence-corrected chi connectivity index (χ4v) is 13.6. The van der Waals surface area contributed by atoms with Gasteiger partial charge in [0.1, 0.15) is 0 Å². The largest absolute Gasteiger partial charge is 0.373 e. The molecular weight excluding hydrogens is 1040 g/mol. The molecule has 4 saturated heterocycles. The van der Waals surface area contributed by atoms with Crippen molar-refractivity contribution < 1.29 is 14.2 Å². The molecule has 4 aliphatic rings. The van der Waals surface area contributed by atoms with E-state index in [4.69, 9.17) is 14.2 Å². The molecule has 7 nitrogen and oxygen atoms in total. The highest BCUT2D eigenvalue weighted by molar-refractivity contribution is 5.30. The summed E-state index contributed by atoms with van der Waals surface area (Å²) >= 11 is 0. The molecule has 486 valence electrons. The van der Waals surface area contributed by atoms with Gasteiger partial charge in [-0.1, -0.05) is 227 Å². The molecule has 5 unspecified atom stereocenters. The molecule has 85 heavy (non-hydrogen) atoms. The molecule has 0 aliphatic carbocycles. The molecule has 3 aromatic carbocycles. The first kappa shape index (κ1) is 74.8. The minimum absolute atomic E-state index is 0.240. The zero-order chi connectivity index (χ0) is 62.6. The highest BCUT2D eigenvalue weighted by Crippen LogP contribution is 2.29. The molecule has 4 heterocycles. The summed E-state index contributed by atoms with van der Waals surface area (Å²) in [6.45, 7) is 57.1. The summed E-state index contributed by atoms with van der Waals surface area (Å²) in [5, 5.41) is 0. The van der Waals surface area contributed by atoms with Crippen LogP contribution in [0.2, 0.25) is 0 Å². The smallest absolute Gasteiger partial charge is 0.0678 e. The van der Waals surface area contributed by atoms with Crippen molar-refractivity contribution in [1.29, 1.82) is 0 Å². The molecule has 0 bridgehead atoms. The van der Waals surface area contributed by atoms with E-state index in [1.807, 2.05) is 0 Å². The maximum absolute atomic E-state index is 5.83. The van der Waals surface area contributed by atoms with Gasteiger partial charge in [-0.25, -0.2) is 0 Å². The molecule has 7 rings (SSSR count). The van der Waals surface area contributed by atoms with E-state index in [0.29, 0.717) is 48.5 Å². The zero-order valence-electron chi connectivity index (χ0n) is 59.1. The summed E-state index contributed by atoms with van der Waals surface area (Å²) < 4.78 is 17.4. The van der Waals surface area contributed by atoms with Crippen LogP contribution in [-0.2, 0) is 49.7 Å². The van der Waals surface area contributed by atoms with Crippen LogP contribution < -0.4 is 0 Å². The van der Waals surface area contributed by atoms with Crippen LogP contribution in [-0.4, -0.2) is 135 Å². The van der Waals surface area contributed by atoms with Crippen molar-refractivity contribution in [3.8, 4) is 0 Å². The Morgan fingerprint density at radius 3 is 0.988 bits per heavy atom. The van der Waals surface area contributed by atoms with Gasteiger partial charge in [0.2, 0.25) is 0 Å². The van der Waals surface area contributed by atoms with E-state index in [1.165, 1.54) is 169 Å². The monoisotopic (exact) mass is 1180 g/mol. The van der Waals surface area contributed by atoms with Crippen LogP contribution in [0.25, 0.3) is 0 Å². The van der Waals surface area contributed by atoms with Crippen LogP contribution in [0.5, 0.6) is 0 Å². The maximum Gasteiger partial charge on any atom is 0.0678 e. The van der Waals surface area contributed by atoms with Gasteiger partial charge in [-0.05, 0) is 174 Å². The first-order chi connectivity index (χ1) is 40.2. The van der Waals surface area contributed by atoms with Crippen LogP contribution in [0.4, 0.5) is 0 Å². The van der Waals surface area contributed by atoms with E-state index in [-0.39, 0.29) is 16.2 Å². The highest BCUT2D eigenvalue weighted by Gasteiger charge is 2.26. The van der Waals surface area contributed by atoms with Crippen molar-refractivity contribution >= 4 is 0 Å². The Kier molecular flexibility index (Phi) is 34.2. The predicted molar refractivity (Wildman–Crippen MR) is 370 cm³/mol. The summed E-state index contributed by atoms with van der Waals surface area (Å²) in [7, 11) is 0. The Hall–Kier alpha value is -2.62. The molecule has 4 aliphatic heterocycles. The number of ether oxygens (including phenoxy) is 3. The lowest BCUT2D eigenvalue weighted by atomic mass is 9.82. The summed E-state index contributed by atoms with van der Waals surface area (Å²) in [4.78, 5) is 10.4. The van der Waals surface area contributed by atoms with Crippen molar-refractivity contribution in [1.82, 2.24) is 19.6 Å². The Balaban J connectivity index is 0.000000243. The van der Waals surface area contributed by atoms with Crippen LogP contribution in [0, 0.1) is 17.8 Å². The quantitative estimate of drug-likeness (QED) is 0.0783. The normalized spacial score (nSPS) is 23.3. The number of morpholine rings is 3. The number of nitrogens with zero attached hydrogens (tertiary/aromatic N) is 4. The third-order valence-corrected chi connectivity index (χ3v) is 18.5. The van der Waals surface area contributed by atoms with Crippen LogP contribution in [0.15, 0.2) is 72.8 Å². The van der Waals surface area contributed by atoms with Gasteiger partial charge >= 0.3 is 0 Å². The molecule has 0 amide bonds. The maximum atomic E-state index is 5.83. The van der Waals surface area contributed by atoms with E-state index in [1.54, 1.807) is 0 Å². The predicted octanol–water partition coefficient (Wildman–Crippen LogP) is 18.6. The lowest BCUT2D eigenvalue weighted by Gasteiger charge is -2.36. The van der Waals surface area contributed by atoms with Gasteiger partial charge in [0, 0.05) is 58.9 Å². The summed E-state index contributed by atoms with van der Waals surface area (Å²) in [6.07, 6.45) is 25.5. The molecule has 7 heteroatoms. The average molecular weight is 1180 g/mol. The van der Waals surface area contributed by atoms with Crippen LogP contribution in [0.3, 0.4) is 0 Å². The number of piperidine rings is 1. The van der Waals surface area contributed by atoms with Gasteiger partial charge in [0.15, 0.2) is 0 Å². The Bertz CT molecular complexity index is 2130. The molecule has 9 atom stereocenters. The second-order valence-electron chi connectivity index (χ2n) is 30.8. The minimum atomic E-state index is 0.240. The number of rotatable bonds is 25. The third-order valence-electron chi connectivity index (χ3n) is 18.5. The zero-order valence-corrected chi connectivity index (χ0v) is 59.1. The fourth-order valence-electron chi connectivity index (χ4n) is 13.6. The Morgan fingerprint density at radius 1 is 0.376 bits per heavy atom. The summed E-state index contributed by atoms with van der Waals surface area (Å²) in [5.74, 6) is 2.11. The van der Waals surface area contributed by atoms with Crippen molar-refractivity contribution in [2.75, 3.05) is 78.5 Å². The van der Waals surface area contributed by atoms with Crippen molar-refractivity contribution in [2.24, 2.45) is 17.8 Å². The van der Waals surface area contributed by atoms with Crippen molar-refractivity contribution in [2.45, 2.75) is 294 Å². The Labute approximate surface area is 527 Å². The molecule has 0 spiro atoms. The van der Waals surface area contributed by atoms with Gasteiger partial charge in [0.05, 0.1) is 36.6 Å². The highest BCUT2D eigenvalue weighted by atomic mass is 16.5. The van der Waals surface area contributed by atoms with Crippen LogP contribution in [0.1, 0.15) is 255 Å². The number of hydrogen-bond acceptors (Lipinski definition) is 7. The SMILES string of the molecule is CC(Cc1ccc(C(C)(C)C)cc1)CN1CCCCC1.CC(Cc1ccc(C(C)(C)C)cc1)CN1C[C@@H](C)O[C@@H](C)C1.CCC(C)(C)c1ccc(CC(C)CN2C[C@@H](C)O[C@@H](C)C2)cc1.CCCCCCCCCCCCN1CC(C)OC(C)C1. The van der Waals surface area contributed by atoms with Crippen LogP contribution >= 0.6 is 0 Å². The van der Waals surface area contributed by atoms with Gasteiger partial charge in [-0.15, -0.1) is 0 Å². The molecule has 0 saturated carbocycles. The Morgan fingerprint density at radius 2 is 0.671 bits per heavy atom. The summed E-state index contributed by atoms with van der Waals surface area (Å²) in [6, 6.07) is 27.8. The van der Waals surface area contributed by atoms with Gasteiger partial charge < -0.3 is 19.1 Å². The van der Waals surface area contributed by atoms with Crippen molar-refractivity contribution in [3.63, 3.8) is 0 Å².